The van der Waals surface area contributed by atoms with Gasteiger partial charge in [-0.3, -0.25) is 15.1 Å². The van der Waals surface area contributed by atoms with Crippen molar-refractivity contribution in [2.75, 3.05) is 18.0 Å². The zero-order chi connectivity index (χ0) is 26.2. The first-order valence-electron chi connectivity index (χ1n) is 14.0. The molecule has 0 spiro atoms. The van der Waals surface area contributed by atoms with Crippen LogP contribution in [0, 0.1) is 20.8 Å². The van der Waals surface area contributed by atoms with E-state index in [0.29, 0.717) is 12.0 Å². The molecule has 0 radical (unpaired) electrons. The summed E-state index contributed by atoms with van der Waals surface area (Å²) in [4.78, 5) is 10.3. The van der Waals surface area contributed by atoms with Crippen LogP contribution in [0.4, 0.5) is 5.13 Å². The summed E-state index contributed by atoms with van der Waals surface area (Å²) >= 11 is 1.80. The number of H-pyrrole nitrogens is 2. The molecule has 1 saturated heterocycles. The van der Waals surface area contributed by atoms with Gasteiger partial charge in [0.05, 0.1) is 5.69 Å². The standard InChI is InChI=1S/C30H39N7S/c1-19-6-5-7-26-22(4)29(21(3)20(2)28(19)26)27-18-38-30(33-27)36-14-10-25(11-15-36)37(16-23-8-12-31-34-23)17-24-9-13-32-35-24/h8-9,12-13,18-19,25H,5-7,10-11,14-17H2,1-4H3,(H,31,34)(H,32,35). The van der Waals surface area contributed by atoms with Crippen molar-refractivity contribution in [1.82, 2.24) is 30.3 Å². The zero-order valence-corrected chi connectivity index (χ0v) is 23.9. The molecular weight excluding hydrogens is 490 g/mol. The highest BCUT2D eigenvalue weighted by atomic mass is 32.1. The van der Waals surface area contributed by atoms with E-state index < -0.39 is 0 Å². The molecule has 0 bridgehead atoms. The Morgan fingerprint density at radius 1 is 0.947 bits per heavy atom. The quantitative estimate of drug-likeness (QED) is 0.294. The molecule has 2 N–H and O–H groups in total. The maximum atomic E-state index is 5.23. The summed E-state index contributed by atoms with van der Waals surface area (Å²) in [6, 6.07) is 4.64. The van der Waals surface area contributed by atoms with E-state index in [0.717, 1.165) is 61.2 Å². The van der Waals surface area contributed by atoms with Gasteiger partial charge in [0.15, 0.2) is 5.13 Å². The molecule has 3 aromatic heterocycles. The van der Waals surface area contributed by atoms with Crippen molar-refractivity contribution in [1.29, 1.82) is 0 Å². The van der Waals surface area contributed by atoms with E-state index in [9.17, 15) is 0 Å². The van der Waals surface area contributed by atoms with Gasteiger partial charge in [-0.25, -0.2) is 4.98 Å². The van der Waals surface area contributed by atoms with Crippen molar-refractivity contribution in [2.45, 2.75) is 84.8 Å². The predicted molar refractivity (Wildman–Crippen MR) is 155 cm³/mol. The minimum atomic E-state index is 0.507. The number of hydrogen-bond donors (Lipinski definition) is 2. The summed E-state index contributed by atoms with van der Waals surface area (Å²) in [6.45, 7) is 13.1. The first kappa shape index (κ1) is 25.3. The van der Waals surface area contributed by atoms with E-state index in [4.69, 9.17) is 4.98 Å². The number of fused-ring (bicyclic) bond motifs is 1. The van der Waals surface area contributed by atoms with Gasteiger partial charge >= 0.3 is 0 Å². The van der Waals surface area contributed by atoms with Gasteiger partial charge in [0.1, 0.15) is 0 Å². The van der Waals surface area contributed by atoms with Gasteiger partial charge in [0.2, 0.25) is 0 Å². The molecule has 2 aliphatic rings. The van der Waals surface area contributed by atoms with Gasteiger partial charge in [0, 0.05) is 66.9 Å². The second-order valence-electron chi connectivity index (χ2n) is 11.2. The van der Waals surface area contributed by atoms with Crippen LogP contribution in [0.3, 0.4) is 0 Å². The second kappa shape index (κ2) is 10.7. The van der Waals surface area contributed by atoms with Crippen LogP contribution in [-0.2, 0) is 19.5 Å². The van der Waals surface area contributed by atoms with Crippen LogP contribution in [0.5, 0.6) is 0 Å². The Labute approximate surface area is 229 Å². The maximum absolute atomic E-state index is 5.23. The normalized spacial score (nSPS) is 18.3. The number of hydrogen-bond acceptors (Lipinski definition) is 6. The molecule has 1 aromatic carbocycles. The molecule has 4 aromatic rings. The SMILES string of the molecule is Cc1c(C)c2c(c(C)c1-c1csc(N3CCC(N(Cc4ccn[nH]4)Cc4ccn[nH]4)CC3)n1)CCCC2C. The average Bonchev–Trinajstić information content (AvgIpc) is 3.71. The monoisotopic (exact) mass is 529 g/mol. The highest BCUT2D eigenvalue weighted by molar-refractivity contribution is 7.14. The van der Waals surface area contributed by atoms with Crippen LogP contribution in [-0.4, -0.2) is 49.4 Å². The highest BCUT2D eigenvalue weighted by Gasteiger charge is 2.28. The number of aromatic nitrogens is 5. The van der Waals surface area contributed by atoms with E-state index in [1.807, 2.05) is 12.4 Å². The van der Waals surface area contributed by atoms with Crippen LogP contribution < -0.4 is 4.90 Å². The van der Waals surface area contributed by atoms with Crippen molar-refractivity contribution < 1.29 is 0 Å². The van der Waals surface area contributed by atoms with Gasteiger partial charge < -0.3 is 4.90 Å². The van der Waals surface area contributed by atoms with Crippen LogP contribution >= 0.6 is 11.3 Å². The van der Waals surface area contributed by atoms with Crippen LogP contribution in [0.25, 0.3) is 11.3 Å². The van der Waals surface area contributed by atoms with Crippen LogP contribution in [0.1, 0.15) is 77.7 Å². The van der Waals surface area contributed by atoms with Gasteiger partial charge in [-0.2, -0.15) is 10.2 Å². The molecule has 0 saturated carbocycles. The lowest BCUT2D eigenvalue weighted by atomic mass is 9.76. The lowest BCUT2D eigenvalue weighted by molar-refractivity contribution is 0.148. The number of rotatable bonds is 7. The van der Waals surface area contributed by atoms with Crippen molar-refractivity contribution >= 4 is 16.5 Å². The number of anilines is 1. The molecule has 1 unspecified atom stereocenters. The lowest BCUT2D eigenvalue weighted by Gasteiger charge is -2.38. The number of thiazole rings is 1. The minimum absolute atomic E-state index is 0.507. The number of piperidine rings is 1. The number of nitrogens with one attached hydrogen (secondary N) is 2. The number of aromatic amines is 2. The molecule has 1 aliphatic carbocycles. The minimum Gasteiger partial charge on any atom is -0.348 e. The predicted octanol–water partition coefficient (Wildman–Crippen LogP) is 6.29. The first-order chi connectivity index (χ1) is 18.5. The van der Waals surface area contributed by atoms with E-state index >= 15 is 0 Å². The van der Waals surface area contributed by atoms with Crippen molar-refractivity contribution in [2.24, 2.45) is 0 Å². The van der Waals surface area contributed by atoms with E-state index in [1.54, 1.807) is 22.5 Å². The molecule has 4 heterocycles. The fraction of sp³-hybridized carbons (Fsp3) is 0.500. The summed E-state index contributed by atoms with van der Waals surface area (Å²) < 4.78 is 0. The van der Waals surface area contributed by atoms with Gasteiger partial charge in [-0.1, -0.05) is 6.92 Å². The summed E-state index contributed by atoms with van der Waals surface area (Å²) in [6.07, 6.45) is 9.71. The third kappa shape index (κ3) is 4.80. The molecular formula is C30H39N7S. The Morgan fingerprint density at radius 3 is 2.26 bits per heavy atom. The molecule has 38 heavy (non-hydrogen) atoms. The summed E-state index contributed by atoms with van der Waals surface area (Å²) in [5.74, 6) is 0.665. The fourth-order valence-corrected chi connectivity index (χ4v) is 7.67. The maximum Gasteiger partial charge on any atom is 0.185 e. The number of benzene rings is 1. The average molecular weight is 530 g/mol. The Balaban J connectivity index is 1.18. The molecule has 1 aliphatic heterocycles. The molecule has 200 valence electrons. The highest BCUT2D eigenvalue weighted by Crippen LogP contribution is 2.43. The van der Waals surface area contributed by atoms with Crippen molar-refractivity contribution in [3.63, 3.8) is 0 Å². The van der Waals surface area contributed by atoms with E-state index in [-0.39, 0.29) is 0 Å². The molecule has 7 nitrogen and oxygen atoms in total. The summed E-state index contributed by atoms with van der Waals surface area (Å²) in [5.41, 5.74) is 12.4. The van der Waals surface area contributed by atoms with Gasteiger partial charge in [-0.05, 0) is 98.7 Å². The van der Waals surface area contributed by atoms with Crippen LogP contribution in [0.15, 0.2) is 29.9 Å². The van der Waals surface area contributed by atoms with Gasteiger partial charge in [0.25, 0.3) is 0 Å². The Bertz CT molecular complexity index is 1330. The lowest BCUT2D eigenvalue weighted by Crippen LogP contribution is -2.44. The molecule has 0 amide bonds. The smallest absolute Gasteiger partial charge is 0.185 e. The first-order valence-corrected chi connectivity index (χ1v) is 14.9. The zero-order valence-electron chi connectivity index (χ0n) is 23.0. The second-order valence-corrected chi connectivity index (χ2v) is 12.1. The number of nitrogens with zero attached hydrogens (tertiary/aromatic N) is 5. The Morgan fingerprint density at radius 2 is 1.63 bits per heavy atom. The summed E-state index contributed by atoms with van der Waals surface area (Å²) in [7, 11) is 0. The van der Waals surface area contributed by atoms with Crippen molar-refractivity contribution in [3.8, 4) is 11.3 Å². The third-order valence-corrected chi connectivity index (χ3v) is 9.82. The molecule has 1 atom stereocenters. The largest absolute Gasteiger partial charge is 0.348 e. The van der Waals surface area contributed by atoms with Gasteiger partial charge in [-0.15, -0.1) is 11.3 Å². The van der Waals surface area contributed by atoms with Crippen molar-refractivity contribution in [3.05, 3.63) is 69.1 Å². The van der Waals surface area contributed by atoms with E-state index in [2.05, 4.69) is 75.4 Å². The van der Waals surface area contributed by atoms with Crippen LogP contribution in [0.2, 0.25) is 0 Å². The topological polar surface area (TPSA) is 76.7 Å². The summed E-state index contributed by atoms with van der Waals surface area (Å²) in [5, 5.41) is 18.0. The Hall–Kier alpha value is -2.97. The fourth-order valence-electron chi connectivity index (χ4n) is 6.80. The third-order valence-electron chi connectivity index (χ3n) is 8.91. The molecule has 6 rings (SSSR count). The molecule has 1 fully saturated rings. The molecule has 8 heteroatoms. The Kier molecular flexibility index (Phi) is 7.10. The van der Waals surface area contributed by atoms with E-state index in [1.165, 1.54) is 41.5 Å².